The summed E-state index contributed by atoms with van der Waals surface area (Å²) in [6.07, 6.45) is 3.21. The lowest BCUT2D eigenvalue weighted by Gasteiger charge is -2.10. The van der Waals surface area contributed by atoms with Gasteiger partial charge in [0.25, 0.3) is 5.91 Å². The largest absolute Gasteiger partial charge is 0.369 e. The van der Waals surface area contributed by atoms with E-state index in [1.165, 1.54) is 0 Å². The summed E-state index contributed by atoms with van der Waals surface area (Å²) in [5.74, 6) is 0.638. The summed E-state index contributed by atoms with van der Waals surface area (Å²) in [6, 6.07) is 3.56. The molecule has 98 valence electrons. The highest BCUT2D eigenvalue weighted by molar-refractivity contribution is 5.94. The van der Waals surface area contributed by atoms with Crippen LogP contribution in [0.2, 0.25) is 0 Å². The van der Waals surface area contributed by atoms with Gasteiger partial charge in [-0.1, -0.05) is 6.08 Å². The van der Waals surface area contributed by atoms with Crippen LogP contribution in [0.3, 0.4) is 0 Å². The Morgan fingerprint density at radius 1 is 1.50 bits per heavy atom. The number of carbonyl (C=O) groups excluding carboxylic acids is 1. The second kappa shape index (κ2) is 7.45. The lowest BCUT2D eigenvalue weighted by Crippen LogP contribution is -2.23. The fraction of sp³-hybridized carbons (Fsp3) is 0.385. The van der Waals surface area contributed by atoms with E-state index in [0.717, 1.165) is 18.9 Å². The number of aromatic nitrogens is 1. The van der Waals surface area contributed by atoms with Crippen molar-refractivity contribution < 1.29 is 4.79 Å². The molecule has 0 unspecified atom stereocenters. The van der Waals surface area contributed by atoms with Gasteiger partial charge in [0.15, 0.2) is 0 Å². The summed E-state index contributed by atoms with van der Waals surface area (Å²) in [4.78, 5) is 17.9. The van der Waals surface area contributed by atoms with E-state index >= 15 is 0 Å². The minimum absolute atomic E-state index is 0.137. The number of rotatable bonds is 7. The Hall–Kier alpha value is -1.88. The summed E-state index contributed by atoms with van der Waals surface area (Å²) < 4.78 is 0. The highest BCUT2D eigenvalue weighted by Gasteiger charge is 2.04. The monoisotopic (exact) mass is 248 g/mol. The van der Waals surface area contributed by atoms with E-state index in [4.69, 9.17) is 0 Å². The van der Waals surface area contributed by atoms with Gasteiger partial charge in [-0.2, -0.15) is 0 Å². The predicted molar refractivity (Wildman–Crippen MR) is 73.8 cm³/mol. The third-order valence-electron chi connectivity index (χ3n) is 2.30. The second-order valence-electron chi connectivity index (χ2n) is 4.16. The first kappa shape index (κ1) is 14.2. The number of hydrogen-bond donors (Lipinski definition) is 2. The summed E-state index contributed by atoms with van der Waals surface area (Å²) >= 11 is 0. The van der Waals surface area contributed by atoms with E-state index < -0.39 is 0 Å². The number of likely N-dealkylation sites (N-methyl/N-ethyl adjacent to an activating group) is 1. The van der Waals surface area contributed by atoms with Gasteiger partial charge in [-0.3, -0.25) is 4.79 Å². The van der Waals surface area contributed by atoms with Gasteiger partial charge in [-0.25, -0.2) is 4.98 Å². The molecule has 18 heavy (non-hydrogen) atoms. The van der Waals surface area contributed by atoms with Crippen LogP contribution in [0.15, 0.2) is 31.0 Å². The van der Waals surface area contributed by atoms with Crippen LogP contribution < -0.4 is 10.6 Å². The molecule has 0 aliphatic heterocycles. The van der Waals surface area contributed by atoms with Crippen LogP contribution in [0.4, 0.5) is 5.82 Å². The van der Waals surface area contributed by atoms with Crippen LogP contribution in [-0.2, 0) is 0 Å². The molecule has 0 fully saturated rings. The number of anilines is 1. The molecule has 1 heterocycles. The van der Waals surface area contributed by atoms with Crippen molar-refractivity contribution in [1.82, 2.24) is 15.2 Å². The molecule has 5 nitrogen and oxygen atoms in total. The van der Waals surface area contributed by atoms with E-state index in [9.17, 15) is 4.79 Å². The third kappa shape index (κ3) is 4.97. The molecule has 0 spiro atoms. The summed E-state index contributed by atoms with van der Waals surface area (Å²) in [5.41, 5.74) is 0.551. The highest BCUT2D eigenvalue weighted by Crippen LogP contribution is 2.04. The van der Waals surface area contributed by atoms with Crippen LogP contribution in [-0.4, -0.2) is 49.5 Å². The fourth-order valence-electron chi connectivity index (χ4n) is 1.31. The second-order valence-corrected chi connectivity index (χ2v) is 4.16. The van der Waals surface area contributed by atoms with Crippen molar-refractivity contribution in [2.75, 3.05) is 39.0 Å². The first-order valence-corrected chi connectivity index (χ1v) is 5.87. The molecule has 0 aromatic carbocycles. The number of nitrogens with one attached hydrogen (secondary N) is 2. The Balaban J connectivity index is 2.46. The Bertz CT molecular complexity index is 386. The van der Waals surface area contributed by atoms with E-state index in [1.54, 1.807) is 24.4 Å². The van der Waals surface area contributed by atoms with Crippen LogP contribution >= 0.6 is 0 Å². The topological polar surface area (TPSA) is 57.3 Å². The lowest BCUT2D eigenvalue weighted by molar-refractivity contribution is 0.0957. The Labute approximate surface area is 108 Å². The molecule has 1 aromatic rings. The average Bonchev–Trinajstić information content (AvgIpc) is 2.36. The molecule has 0 radical (unpaired) electrons. The van der Waals surface area contributed by atoms with Crippen molar-refractivity contribution >= 4 is 11.7 Å². The Kier molecular flexibility index (Phi) is 5.87. The van der Waals surface area contributed by atoms with Crippen molar-refractivity contribution in [2.45, 2.75) is 0 Å². The number of nitrogens with zero attached hydrogens (tertiary/aromatic N) is 2. The zero-order chi connectivity index (χ0) is 13.4. The van der Waals surface area contributed by atoms with E-state index in [0.29, 0.717) is 12.1 Å². The summed E-state index contributed by atoms with van der Waals surface area (Å²) in [5, 5.41) is 5.89. The molecule has 1 amide bonds. The van der Waals surface area contributed by atoms with Gasteiger partial charge < -0.3 is 15.5 Å². The molecular formula is C13H20N4O. The maximum absolute atomic E-state index is 11.6. The predicted octanol–water partition coefficient (Wildman–Crippen LogP) is 0.971. The minimum Gasteiger partial charge on any atom is -0.369 e. The van der Waals surface area contributed by atoms with Crippen molar-refractivity contribution in [1.29, 1.82) is 0 Å². The fourth-order valence-corrected chi connectivity index (χ4v) is 1.31. The number of hydrogen-bond acceptors (Lipinski definition) is 4. The maximum atomic E-state index is 11.6. The van der Waals surface area contributed by atoms with Gasteiger partial charge >= 0.3 is 0 Å². The van der Waals surface area contributed by atoms with Gasteiger partial charge in [-0.05, 0) is 26.2 Å². The number of amides is 1. The van der Waals surface area contributed by atoms with E-state index in [2.05, 4.69) is 27.1 Å². The lowest BCUT2D eigenvalue weighted by atomic mass is 10.2. The third-order valence-corrected chi connectivity index (χ3v) is 2.30. The maximum Gasteiger partial charge on any atom is 0.253 e. The molecule has 0 saturated heterocycles. The Morgan fingerprint density at radius 2 is 2.28 bits per heavy atom. The summed E-state index contributed by atoms with van der Waals surface area (Å²) in [6.45, 7) is 5.76. The summed E-state index contributed by atoms with van der Waals surface area (Å²) in [7, 11) is 4.03. The van der Waals surface area contributed by atoms with E-state index in [-0.39, 0.29) is 5.91 Å². The van der Waals surface area contributed by atoms with Crippen molar-refractivity contribution in [3.63, 3.8) is 0 Å². The first-order valence-electron chi connectivity index (χ1n) is 5.87. The molecule has 1 rings (SSSR count). The average molecular weight is 248 g/mol. The van der Waals surface area contributed by atoms with E-state index in [1.807, 2.05) is 14.1 Å². The van der Waals surface area contributed by atoms with Crippen LogP contribution in [0.25, 0.3) is 0 Å². The molecule has 2 N–H and O–H groups in total. The molecule has 0 bridgehead atoms. The van der Waals surface area contributed by atoms with Crippen molar-refractivity contribution in [3.8, 4) is 0 Å². The SMILES string of the molecule is C=CCNC(=O)c1ccc(NCCN(C)C)nc1. The normalized spacial score (nSPS) is 10.2. The molecular weight excluding hydrogens is 228 g/mol. The number of pyridine rings is 1. The molecule has 0 aliphatic carbocycles. The van der Waals surface area contributed by atoms with Crippen LogP contribution in [0.1, 0.15) is 10.4 Å². The molecule has 0 aliphatic rings. The molecule has 5 heteroatoms. The van der Waals surface area contributed by atoms with Crippen LogP contribution in [0.5, 0.6) is 0 Å². The first-order chi connectivity index (χ1) is 8.63. The molecule has 0 saturated carbocycles. The molecule has 0 atom stereocenters. The van der Waals surface area contributed by atoms with Gasteiger partial charge in [0.05, 0.1) is 5.56 Å². The molecule has 1 aromatic heterocycles. The van der Waals surface area contributed by atoms with Gasteiger partial charge in [0.2, 0.25) is 0 Å². The number of carbonyl (C=O) groups is 1. The zero-order valence-electron chi connectivity index (χ0n) is 10.9. The van der Waals surface area contributed by atoms with Gasteiger partial charge in [0, 0.05) is 25.8 Å². The van der Waals surface area contributed by atoms with Gasteiger partial charge in [-0.15, -0.1) is 6.58 Å². The standard InChI is InChI=1S/C13H20N4O/c1-4-7-15-13(18)11-5-6-12(16-10-11)14-8-9-17(2)3/h4-6,10H,1,7-9H2,2-3H3,(H,14,16)(H,15,18). The minimum atomic E-state index is -0.137. The van der Waals surface area contributed by atoms with Crippen molar-refractivity contribution in [2.24, 2.45) is 0 Å². The van der Waals surface area contributed by atoms with Crippen LogP contribution in [0, 0.1) is 0 Å². The highest BCUT2D eigenvalue weighted by atomic mass is 16.1. The smallest absolute Gasteiger partial charge is 0.253 e. The van der Waals surface area contributed by atoms with Gasteiger partial charge in [0.1, 0.15) is 5.82 Å². The van der Waals surface area contributed by atoms with Crippen molar-refractivity contribution in [3.05, 3.63) is 36.5 Å². The quantitative estimate of drug-likeness (QED) is 0.706. The zero-order valence-corrected chi connectivity index (χ0v) is 10.9. The Morgan fingerprint density at radius 3 is 2.83 bits per heavy atom.